The van der Waals surface area contributed by atoms with Gasteiger partial charge in [-0.15, -0.1) is 0 Å². The van der Waals surface area contributed by atoms with E-state index in [0.717, 1.165) is 12.7 Å². The van der Waals surface area contributed by atoms with E-state index in [9.17, 15) is 4.79 Å². The SMILES string of the molecule is CC(C)=C(Br)CC(C)(C)CC=O. The quantitative estimate of drug-likeness (QED) is 0.677. The van der Waals surface area contributed by atoms with Crippen LogP contribution in [-0.2, 0) is 4.79 Å². The second-order valence-electron chi connectivity index (χ2n) is 4.12. The van der Waals surface area contributed by atoms with Crippen LogP contribution >= 0.6 is 15.9 Å². The zero-order chi connectivity index (χ0) is 9.78. The molecule has 0 saturated carbocycles. The predicted octanol–water partition coefficient (Wildman–Crippen LogP) is 3.68. The Morgan fingerprint density at radius 2 is 1.92 bits per heavy atom. The number of rotatable bonds is 4. The van der Waals surface area contributed by atoms with E-state index in [0.29, 0.717) is 6.42 Å². The molecule has 0 radical (unpaired) electrons. The van der Waals surface area contributed by atoms with Crippen LogP contribution in [-0.4, -0.2) is 6.29 Å². The van der Waals surface area contributed by atoms with Crippen LogP contribution in [0.2, 0.25) is 0 Å². The molecule has 0 aliphatic carbocycles. The smallest absolute Gasteiger partial charge is 0.120 e. The Hall–Kier alpha value is -0.110. The summed E-state index contributed by atoms with van der Waals surface area (Å²) < 4.78 is 1.22. The predicted molar refractivity (Wildman–Crippen MR) is 56.4 cm³/mol. The largest absolute Gasteiger partial charge is 0.303 e. The van der Waals surface area contributed by atoms with Gasteiger partial charge < -0.3 is 4.79 Å². The number of aldehydes is 1. The highest BCUT2D eigenvalue weighted by molar-refractivity contribution is 9.11. The first kappa shape index (κ1) is 11.9. The summed E-state index contributed by atoms with van der Waals surface area (Å²) in [5, 5.41) is 0. The molecule has 0 fully saturated rings. The van der Waals surface area contributed by atoms with Gasteiger partial charge in [-0.3, -0.25) is 0 Å². The summed E-state index contributed by atoms with van der Waals surface area (Å²) in [6.45, 7) is 8.35. The molecule has 12 heavy (non-hydrogen) atoms. The fraction of sp³-hybridized carbons (Fsp3) is 0.700. The van der Waals surface area contributed by atoms with Gasteiger partial charge in [-0.2, -0.15) is 0 Å². The summed E-state index contributed by atoms with van der Waals surface area (Å²) in [5.41, 5.74) is 1.37. The first-order chi connectivity index (χ1) is 5.39. The molecule has 0 amide bonds. The molecule has 70 valence electrons. The molecule has 0 rings (SSSR count). The maximum atomic E-state index is 10.3. The van der Waals surface area contributed by atoms with Crippen LogP contribution < -0.4 is 0 Å². The number of halogens is 1. The van der Waals surface area contributed by atoms with Gasteiger partial charge in [0.1, 0.15) is 6.29 Å². The standard InChI is InChI=1S/C10H17BrO/c1-8(2)9(11)7-10(3,4)5-6-12/h6H,5,7H2,1-4H3. The van der Waals surface area contributed by atoms with Crippen LogP contribution in [0.25, 0.3) is 0 Å². The topological polar surface area (TPSA) is 17.1 Å². The average molecular weight is 233 g/mol. The molecule has 2 heteroatoms. The first-order valence-electron chi connectivity index (χ1n) is 4.14. The minimum absolute atomic E-state index is 0.0812. The summed E-state index contributed by atoms with van der Waals surface area (Å²) in [5.74, 6) is 0. The molecule has 0 aliphatic rings. The van der Waals surface area contributed by atoms with Crippen molar-refractivity contribution >= 4 is 22.2 Å². The third-order valence-electron chi connectivity index (χ3n) is 1.81. The van der Waals surface area contributed by atoms with Crippen molar-refractivity contribution in [3.05, 3.63) is 10.1 Å². The van der Waals surface area contributed by atoms with Gasteiger partial charge in [-0.25, -0.2) is 0 Å². The van der Waals surface area contributed by atoms with E-state index in [4.69, 9.17) is 0 Å². The molecule has 0 aromatic heterocycles. The summed E-state index contributed by atoms with van der Waals surface area (Å²) in [7, 11) is 0. The molecular weight excluding hydrogens is 216 g/mol. The van der Waals surface area contributed by atoms with Crippen molar-refractivity contribution < 1.29 is 4.79 Å². The van der Waals surface area contributed by atoms with Crippen LogP contribution in [0.15, 0.2) is 10.1 Å². The Balaban J connectivity index is 4.24. The van der Waals surface area contributed by atoms with E-state index in [-0.39, 0.29) is 5.41 Å². The number of hydrogen-bond acceptors (Lipinski definition) is 1. The fourth-order valence-corrected chi connectivity index (χ4v) is 1.65. The van der Waals surface area contributed by atoms with Gasteiger partial charge in [-0.05, 0) is 30.2 Å². The Kier molecular flexibility index (Phi) is 4.76. The van der Waals surface area contributed by atoms with E-state index in [1.54, 1.807) is 0 Å². The van der Waals surface area contributed by atoms with Crippen molar-refractivity contribution in [2.24, 2.45) is 5.41 Å². The number of allylic oxidation sites excluding steroid dienone is 2. The van der Waals surface area contributed by atoms with E-state index >= 15 is 0 Å². The van der Waals surface area contributed by atoms with Gasteiger partial charge in [-0.1, -0.05) is 35.4 Å². The lowest BCUT2D eigenvalue weighted by Gasteiger charge is -2.21. The molecule has 0 unspecified atom stereocenters. The molecule has 0 spiro atoms. The van der Waals surface area contributed by atoms with Crippen LogP contribution in [0.5, 0.6) is 0 Å². The van der Waals surface area contributed by atoms with Gasteiger partial charge in [0.15, 0.2) is 0 Å². The lowest BCUT2D eigenvalue weighted by atomic mass is 9.86. The van der Waals surface area contributed by atoms with Crippen LogP contribution in [0.4, 0.5) is 0 Å². The minimum atomic E-state index is 0.0812. The second-order valence-corrected chi connectivity index (χ2v) is 5.07. The third-order valence-corrected chi connectivity index (χ3v) is 2.89. The molecule has 0 aliphatic heterocycles. The lowest BCUT2D eigenvalue weighted by Crippen LogP contribution is -2.11. The number of carbonyl (C=O) groups excluding carboxylic acids is 1. The molecule has 1 nitrogen and oxygen atoms in total. The zero-order valence-corrected chi connectivity index (χ0v) is 9.86. The molecule has 0 aromatic carbocycles. The lowest BCUT2D eigenvalue weighted by molar-refractivity contribution is -0.109. The van der Waals surface area contributed by atoms with Crippen molar-refractivity contribution in [3.63, 3.8) is 0 Å². The van der Waals surface area contributed by atoms with Crippen LogP contribution in [0.3, 0.4) is 0 Å². The highest BCUT2D eigenvalue weighted by Gasteiger charge is 2.18. The van der Waals surface area contributed by atoms with Gasteiger partial charge in [0.2, 0.25) is 0 Å². The summed E-state index contributed by atoms with van der Waals surface area (Å²) in [4.78, 5) is 10.3. The Bertz CT molecular complexity index is 188. The molecule has 0 bridgehead atoms. The fourth-order valence-electron chi connectivity index (χ4n) is 0.895. The van der Waals surface area contributed by atoms with Crippen molar-refractivity contribution in [1.82, 2.24) is 0 Å². The van der Waals surface area contributed by atoms with Gasteiger partial charge in [0.05, 0.1) is 0 Å². The third kappa shape index (κ3) is 4.70. The maximum absolute atomic E-state index is 10.3. The molecule has 0 heterocycles. The molecule has 0 atom stereocenters. The molecule has 0 aromatic rings. The normalized spacial score (nSPS) is 11.1. The Morgan fingerprint density at radius 1 is 1.42 bits per heavy atom. The van der Waals surface area contributed by atoms with Gasteiger partial charge in [0, 0.05) is 6.42 Å². The van der Waals surface area contributed by atoms with E-state index in [2.05, 4.69) is 43.6 Å². The molecule has 0 N–H and O–H groups in total. The van der Waals surface area contributed by atoms with Gasteiger partial charge >= 0.3 is 0 Å². The second kappa shape index (κ2) is 4.80. The average Bonchev–Trinajstić information content (AvgIpc) is 1.85. The minimum Gasteiger partial charge on any atom is -0.303 e. The highest BCUT2D eigenvalue weighted by Crippen LogP contribution is 2.32. The first-order valence-corrected chi connectivity index (χ1v) is 4.94. The van der Waals surface area contributed by atoms with E-state index in [1.165, 1.54) is 10.1 Å². The van der Waals surface area contributed by atoms with E-state index in [1.807, 2.05) is 0 Å². The van der Waals surface area contributed by atoms with E-state index < -0.39 is 0 Å². The summed E-state index contributed by atoms with van der Waals surface area (Å²) in [6.07, 6.45) is 2.55. The highest BCUT2D eigenvalue weighted by atomic mass is 79.9. The van der Waals surface area contributed by atoms with Crippen molar-refractivity contribution in [3.8, 4) is 0 Å². The number of carbonyl (C=O) groups is 1. The van der Waals surface area contributed by atoms with Crippen molar-refractivity contribution in [2.75, 3.05) is 0 Å². The summed E-state index contributed by atoms with van der Waals surface area (Å²) in [6, 6.07) is 0. The Morgan fingerprint density at radius 3 is 2.25 bits per heavy atom. The molecule has 0 saturated heterocycles. The number of hydrogen-bond donors (Lipinski definition) is 0. The molecular formula is C10H17BrO. The summed E-state index contributed by atoms with van der Waals surface area (Å²) >= 11 is 3.51. The zero-order valence-electron chi connectivity index (χ0n) is 8.28. The van der Waals surface area contributed by atoms with Crippen LogP contribution in [0, 0.1) is 5.41 Å². The maximum Gasteiger partial charge on any atom is 0.120 e. The van der Waals surface area contributed by atoms with Crippen molar-refractivity contribution in [2.45, 2.75) is 40.5 Å². The van der Waals surface area contributed by atoms with Gasteiger partial charge in [0.25, 0.3) is 0 Å². The van der Waals surface area contributed by atoms with Crippen molar-refractivity contribution in [1.29, 1.82) is 0 Å². The Labute approximate surface area is 83.4 Å². The van der Waals surface area contributed by atoms with Crippen LogP contribution in [0.1, 0.15) is 40.5 Å². The monoisotopic (exact) mass is 232 g/mol.